The van der Waals surface area contributed by atoms with Gasteiger partial charge in [0.15, 0.2) is 23.0 Å². The van der Waals surface area contributed by atoms with Gasteiger partial charge in [0.1, 0.15) is 13.7 Å². The van der Waals surface area contributed by atoms with E-state index in [0.29, 0.717) is 92.8 Å². The molecule has 2 saturated heterocycles. The number of unbranched alkanes of at least 4 members (excludes halogenated alkanes) is 2. The van der Waals surface area contributed by atoms with Crippen molar-refractivity contribution < 1.29 is 57.2 Å². The zero-order valence-electron chi connectivity index (χ0n) is 40.4. The first kappa shape index (κ1) is 54.0. The predicted molar refractivity (Wildman–Crippen MR) is 268 cm³/mol. The molecule has 3 aliphatic rings. The van der Waals surface area contributed by atoms with Crippen LogP contribution in [0.1, 0.15) is 79.5 Å². The molecule has 5 amide bonds. The fraction of sp³-hybridized carbons (Fsp3) is 0.521. The van der Waals surface area contributed by atoms with Crippen LogP contribution >= 0.6 is 21.6 Å². The number of likely N-dealkylation sites (tertiary alicyclic amines) is 1. The van der Waals surface area contributed by atoms with E-state index in [0.717, 1.165) is 17.6 Å². The third-order valence-electron chi connectivity index (χ3n) is 11.0. The lowest BCUT2D eigenvalue weighted by Crippen LogP contribution is -2.37. The number of amides is 5. The second kappa shape index (κ2) is 26.7. The number of oxime groups is 1. The summed E-state index contributed by atoms with van der Waals surface area (Å²) in [5.74, 6) is 1.24. The molecule has 2 atom stereocenters. The Kier molecular flexibility index (Phi) is 20.9. The third kappa shape index (κ3) is 16.1. The van der Waals surface area contributed by atoms with Crippen LogP contribution in [-0.4, -0.2) is 156 Å². The minimum absolute atomic E-state index is 0.0162. The standard InChI is InChI=1S/C48H65N7O12S2/c1-31-20-33-26-51-37-24-41(39(62-6)22-35(37)45(58)54(33)28-31)65-16-10-9-11-17-66-42-25-38(36(23-40(42)63-7)46(59)55-29-32(2)21-34(55)27-52-64-8)53-47(60)67-30-48(3,4)69-68-19-13-44(57)50-15-14-49-43(56)12-18-61-5/h22-27,33-34H,1-2,9-21,28-30H2,3-8H3,(H,49,56)(H,50,57)(H,53,60)/b52-27+/t33?,34-/m0/s1. The van der Waals surface area contributed by atoms with E-state index in [1.807, 2.05) is 13.8 Å². The molecular weight excluding hydrogens is 931 g/mol. The van der Waals surface area contributed by atoms with Crippen LogP contribution in [0.3, 0.4) is 0 Å². The van der Waals surface area contributed by atoms with Gasteiger partial charge in [-0.05, 0) is 58.1 Å². The maximum atomic E-state index is 14.2. The average molecular weight is 996 g/mol. The Hall–Kier alpha value is -5.93. The van der Waals surface area contributed by atoms with E-state index in [1.165, 1.54) is 62.3 Å². The number of rotatable bonds is 27. The smallest absolute Gasteiger partial charge is 0.411 e. The number of nitrogens with zero attached hydrogens (tertiary/aromatic N) is 4. The highest BCUT2D eigenvalue weighted by Gasteiger charge is 2.35. The molecule has 3 heterocycles. The number of aliphatic imine (C=N–C) groups is 1. The molecule has 1 unspecified atom stereocenters. The zero-order valence-corrected chi connectivity index (χ0v) is 42.0. The van der Waals surface area contributed by atoms with Crippen LogP contribution in [0.25, 0.3) is 0 Å². The van der Waals surface area contributed by atoms with Gasteiger partial charge in [-0.2, -0.15) is 0 Å². The van der Waals surface area contributed by atoms with E-state index in [9.17, 15) is 24.0 Å². The quantitative estimate of drug-likeness (QED) is 0.0283. The lowest BCUT2D eigenvalue weighted by molar-refractivity contribution is -0.123. The minimum Gasteiger partial charge on any atom is -0.493 e. The van der Waals surface area contributed by atoms with Crippen molar-refractivity contribution in [3.63, 3.8) is 0 Å². The first-order chi connectivity index (χ1) is 33.2. The third-order valence-corrected chi connectivity index (χ3v) is 14.2. The van der Waals surface area contributed by atoms with E-state index in [2.05, 4.69) is 39.3 Å². The second-order valence-electron chi connectivity index (χ2n) is 17.0. The SMILES string of the molecule is C=C1CC2C=Nc3cc(OCCCCCOc4cc(NC(=O)OCC(C)(C)SSCCC(=O)NCCNC(=O)CCOC)c(C(=O)N5CC(=C)C[C@H]5/C=N/OC)cc4OC)c(OC)cc3C(=O)N2C1. The summed E-state index contributed by atoms with van der Waals surface area (Å²) in [6.45, 7) is 14.4. The van der Waals surface area contributed by atoms with Crippen LogP contribution in [0.2, 0.25) is 0 Å². The van der Waals surface area contributed by atoms with Gasteiger partial charge in [-0.1, -0.05) is 51.0 Å². The fourth-order valence-electron chi connectivity index (χ4n) is 7.45. The number of fused-ring (bicyclic) bond motifs is 2. The molecule has 5 rings (SSSR count). The minimum atomic E-state index is -0.785. The number of methoxy groups -OCH3 is 3. The van der Waals surface area contributed by atoms with Gasteiger partial charge >= 0.3 is 6.09 Å². The molecule has 0 bridgehead atoms. The summed E-state index contributed by atoms with van der Waals surface area (Å²) in [5.41, 5.74) is 3.11. The van der Waals surface area contributed by atoms with Crippen molar-refractivity contribution in [2.45, 2.75) is 75.6 Å². The molecule has 19 nitrogen and oxygen atoms in total. The van der Waals surface area contributed by atoms with Crippen molar-refractivity contribution >= 4 is 75.1 Å². The fourth-order valence-corrected chi connectivity index (χ4v) is 9.83. The number of anilines is 1. The molecule has 69 heavy (non-hydrogen) atoms. The van der Waals surface area contributed by atoms with Gasteiger partial charge in [0.05, 0.1) is 79.6 Å². The van der Waals surface area contributed by atoms with Crippen molar-refractivity contribution in [1.29, 1.82) is 0 Å². The molecule has 0 radical (unpaired) electrons. The Morgan fingerprint density at radius 3 is 2.20 bits per heavy atom. The summed E-state index contributed by atoms with van der Waals surface area (Å²) in [6.07, 6.45) is 6.31. The van der Waals surface area contributed by atoms with Crippen molar-refractivity contribution in [3.05, 3.63) is 59.7 Å². The van der Waals surface area contributed by atoms with Gasteiger partial charge in [-0.15, -0.1) is 0 Å². The van der Waals surface area contributed by atoms with Crippen molar-refractivity contribution in [1.82, 2.24) is 20.4 Å². The molecule has 0 spiro atoms. The Labute approximate surface area is 411 Å². The molecule has 3 aliphatic heterocycles. The van der Waals surface area contributed by atoms with E-state index in [1.54, 1.807) is 34.2 Å². The van der Waals surface area contributed by atoms with Crippen molar-refractivity contribution in [2.24, 2.45) is 10.1 Å². The van der Waals surface area contributed by atoms with E-state index >= 15 is 0 Å². The number of hydrogen-bond donors (Lipinski definition) is 3. The molecule has 0 saturated carbocycles. The van der Waals surface area contributed by atoms with Crippen LogP contribution in [-0.2, 0) is 23.9 Å². The van der Waals surface area contributed by atoms with Gasteiger partial charge in [0.25, 0.3) is 11.8 Å². The van der Waals surface area contributed by atoms with E-state index in [-0.39, 0.29) is 73.4 Å². The van der Waals surface area contributed by atoms with Gasteiger partial charge in [-0.3, -0.25) is 29.5 Å². The predicted octanol–water partition coefficient (Wildman–Crippen LogP) is 6.59. The summed E-state index contributed by atoms with van der Waals surface area (Å²) < 4.78 is 33.6. The lowest BCUT2D eigenvalue weighted by Gasteiger charge is -2.25. The zero-order chi connectivity index (χ0) is 49.9. The first-order valence-corrected chi connectivity index (χ1v) is 25.0. The molecule has 376 valence electrons. The highest BCUT2D eigenvalue weighted by atomic mass is 33.1. The summed E-state index contributed by atoms with van der Waals surface area (Å²) in [5, 5.41) is 12.2. The normalized spacial score (nSPS) is 16.5. The number of nitrogens with one attached hydrogen (secondary N) is 3. The lowest BCUT2D eigenvalue weighted by atomic mass is 10.1. The molecule has 21 heteroatoms. The van der Waals surface area contributed by atoms with Crippen LogP contribution in [0.15, 0.2) is 58.7 Å². The largest absolute Gasteiger partial charge is 0.493 e. The van der Waals surface area contributed by atoms with Crippen LogP contribution < -0.4 is 34.9 Å². The van der Waals surface area contributed by atoms with Gasteiger partial charge < -0.3 is 53.7 Å². The number of carbonyl (C=O) groups excluding carboxylic acids is 5. The number of carbonyl (C=O) groups is 5. The second-order valence-corrected chi connectivity index (χ2v) is 20.1. The Balaban J connectivity index is 1.15. The number of benzene rings is 2. The van der Waals surface area contributed by atoms with Crippen molar-refractivity contribution in [3.8, 4) is 23.0 Å². The summed E-state index contributed by atoms with van der Waals surface area (Å²) in [6, 6.07) is 5.96. The first-order valence-electron chi connectivity index (χ1n) is 22.7. The van der Waals surface area contributed by atoms with Crippen molar-refractivity contribution in [2.75, 3.05) is 92.1 Å². The number of ether oxygens (including phenoxy) is 6. The molecular formula is C48H65N7O12S2. The number of hydrogen-bond acceptors (Lipinski definition) is 16. The molecule has 2 aromatic carbocycles. The molecule has 3 N–H and O–H groups in total. The van der Waals surface area contributed by atoms with Gasteiger partial charge in [0.2, 0.25) is 11.8 Å². The maximum Gasteiger partial charge on any atom is 0.411 e. The maximum absolute atomic E-state index is 14.2. The molecule has 0 aliphatic carbocycles. The van der Waals surface area contributed by atoms with Crippen LogP contribution in [0.4, 0.5) is 16.2 Å². The van der Waals surface area contributed by atoms with Crippen LogP contribution in [0.5, 0.6) is 23.0 Å². The highest BCUT2D eigenvalue weighted by Crippen LogP contribution is 2.40. The highest BCUT2D eigenvalue weighted by molar-refractivity contribution is 8.77. The molecule has 2 aromatic rings. The van der Waals surface area contributed by atoms with Crippen LogP contribution in [0, 0.1) is 0 Å². The Bertz CT molecular complexity index is 2240. The summed E-state index contributed by atoms with van der Waals surface area (Å²) >= 11 is 0. The Morgan fingerprint density at radius 2 is 1.52 bits per heavy atom. The molecule has 0 aromatic heterocycles. The van der Waals surface area contributed by atoms with E-state index in [4.69, 9.17) is 33.3 Å². The summed E-state index contributed by atoms with van der Waals surface area (Å²) in [7, 11) is 8.90. The topological polar surface area (TPSA) is 217 Å². The Morgan fingerprint density at radius 1 is 0.855 bits per heavy atom. The van der Waals surface area contributed by atoms with E-state index < -0.39 is 22.8 Å². The monoisotopic (exact) mass is 995 g/mol. The van der Waals surface area contributed by atoms with Gasteiger partial charge in [-0.25, -0.2) is 4.79 Å². The molecule has 2 fully saturated rings. The average Bonchev–Trinajstić information content (AvgIpc) is 3.88. The summed E-state index contributed by atoms with van der Waals surface area (Å²) in [4.78, 5) is 77.9. The van der Waals surface area contributed by atoms with Gasteiger partial charge in [0, 0.05) is 70.2 Å².